The van der Waals surface area contributed by atoms with Gasteiger partial charge in [0.25, 0.3) is 0 Å². The number of halogens is 3. The van der Waals surface area contributed by atoms with E-state index in [1.807, 2.05) is 6.08 Å². The average Bonchev–Trinajstić information content (AvgIpc) is 3.23. The number of aromatic nitrogens is 1. The van der Waals surface area contributed by atoms with Crippen LogP contribution >= 0.6 is 0 Å². The molecule has 1 fully saturated rings. The molecule has 4 rings (SSSR count). The molecule has 1 aromatic heterocycles. The van der Waals surface area contributed by atoms with Crippen LogP contribution < -0.4 is 10.6 Å². The van der Waals surface area contributed by atoms with Crippen molar-refractivity contribution in [2.75, 3.05) is 26.7 Å². The zero-order valence-electron chi connectivity index (χ0n) is 16.1. The maximum Gasteiger partial charge on any atom is 0.381 e. The molecule has 29 heavy (non-hydrogen) atoms. The van der Waals surface area contributed by atoms with Gasteiger partial charge in [-0.25, -0.2) is 0 Å². The van der Waals surface area contributed by atoms with Gasteiger partial charge in [-0.3, -0.25) is 4.98 Å². The summed E-state index contributed by atoms with van der Waals surface area (Å²) in [6, 6.07) is 7.90. The van der Waals surface area contributed by atoms with E-state index in [4.69, 9.17) is 0 Å². The Morgan fingerprint density at radius 2 is 1.86 bits per heavy atom. The largest absolute Gasteiger partial charge is 0.388 e. The molecule has 0 aliphatic carbocycles. The van der Waals surface area contributed by atoms with E-state index in [1.165, 1.54) is 32.0 Å². The second-order valence-corrected chi connectivity index (χ2v) is 6.42. The zero-order chi connectivity index (χ0) is 20.0. The summed E-state index contributed by atoms with van der Waals surface area (Å²) in [4.78, 5) is 8.60. The van der Waals surface area contributed by atoms with Crippen LogP contribution in [0.1, 0.15) is 35.1 Å². The van der Waals surface area contributed by atoms with Crippen molar-refractivity contribution in [1.82, 2.24) is 15.6 Å². The number of benzene rings is 1. The third-order valence-corrected chi connectivity index (χ3v) is 4.53. The number of hydrogen-bond acceptors (Lipinski definition) is 4. The van der Waals surface area contributed by atoms with Crippen molar-refractivity contribution in [3.8, 4) is 0 Å². The number of fused-ring (bicyclic) bond motifs is 1. The van der Waals surface area contributed by atoms with Crippen LogP contribution in [0.3, 0.4) is 0 Å². The third-order valence-electron chi connectivity index (χ3n) is 4.53. The molecule has 0 unspecified atom stereocenters. The van der Waals surface area contributed by atoms with Crippen molar-refractivity contribution in [2.24, 2.45) is 4.99 Å². The summed E-state index contributed by atoms with van der Waals surface area (Å²) in [5, 5.41) is 6.31. The van der Waals surface area contributed by atoms with Gasteiger partial charge in [0, 0.05) is 68.4 Å². The predicted octanol–water partition coefficient (Wildman–Crippen LogP) is 3.68. The number of alkyl halides is 3. The Balaban J connectivity index is 0.000000437. The van der Waals surface area contributed by atoms with Crippen LogP contribution in [-0.4, -0.2) is 37.4 Å². The number of pyridine rings is 1. The second kappa shape index (κ2) is 11.0. The van der Waals surface area contributed by atoms with E-state index in [1.54, 1.807) is 25.5 Å². The van der Waals surface area contributed by atoms with Gasteiger partial charge in [0.2, 0.25) is 0 Å². The molecular weight excluding hydrogens is 603 g/mol. The van der Waals surface area contributed by atoms with Gasteiger partial charge in [-0.2, -0.15) is 13.2 Å². The minimum absolute atomic E-state index is 0. The van der Waals surface area contributed by atoms with Crippen LogP contribution in [-0.2, 0) is 6.18 Å². The molecule has 0 amide bonds. The first kappa shape index (κ1) is 23.7. The number of nitrogens with zero attached hydrogens (tertiary/aromatic N) is 2. The molecule has 2 aliphatic rings. The zero-order valence-corrected chi connectivity index (χ0v) is 20.3. The van der Waals surface area contributed by atoms with E-state index >= 15 is 0 Å². The average molecular weight is 625 g/mol. The summed E-state index contributed by atoms with van der Waals surface area (Å²) in [6.45, 7) is 2.93. The molecule has 0 spiro atoms. The van der Waals surface area contributed by atoms with Gasteiger partial charge in [0.1, 0.15) is 0 Å². The van der Waals surface area contributed by atoms with Crippen molar-refractivity contribution < 1.29 is 44.3 Å². The first-order valence-electron chi connectivity index (χ1n) is 9.18. The molecule has 0 atom stereocenters. The normalized spacial score (nSPS) is 15.6. The fraction of sp³-hybridized carbons (Fsp3) is 0.333. The molecule has 1 aromatic carbocycles. The van der Waals surface area contributed by atoms with Gasteiger partial charge < -0.3 is 15.6 Å². The first-order chi connectivity index (χ1) is 13.5. The maximum absolute atomic E-state index is 12.7. The summed E-state index contributed by atoms with van der Waals surface area (Å²) in [5.41, 5.74) is 2.97. The maximum atomic E-state index is 12.7. The van der Waals surface area contributed by atoms with Crippen molar-refractivity contribution in [2.45, 2.75) is 19.0 Å². The van der Waals surface area contributed by atoms with Crippen LogP contribution in [0.25, 0.3) is 5.70 Å². The molecular formula is C21H22F3N4U-. The Hall–Kier alpha value is -1.62. The summed E-state index contributed by atoms with van der Waals surface area (Å²) < 4.78 is 38.1. The number of rotatable bonds is 2. The topological polar surface area (TPSA) is 49.3 Å². The number of hydrogen-bond donors (Lipinski definition) is 2. The van der Waals surface area contributed by atoms with E-state index in [2.05, 4.69) is 26.7 Å². The van der Waals surface area contributed by atoms with Gasteiger partial charge in [0.05, 0.1) is 0 Å². The molecule has 0 bridgehead atoms. The Kier molecular flexibility index (Phi) is 8.94. The summed E-state index contributed by atoms with van der Waals surface area (Å²) in [5.74, 6) is 0. The Labute approximate surface area is 192 Å². The number of nitrogens with one attached hydrogen (secondary N) is 2. The third kappa shape index (κ3) is 6.18. The van der Waals surface area contributed by atoms with Crippen LogP contribution in [0.5, 0.6) is 0 Å². The van der Waals surface area contributed by atoms with Gasteiger partial charge in [-0.1, -0.05) is 0 Å². The SMILES string of the molecule is C1CCNC1.CNC1=CCN=C(c2[c-]cc(C(F)(F)F)cc2)c2ccncc21.[U]. The molecule has 0 radical (unpaired) electrons. The standard InChI is InChI=1S/C17H13F3N3.C4H9N.U/c1-21-15-7-9-23-16(13-6-8-22-10-14(13)15)11-2-4-12(5-3-11)17(18,19)20;1-2-4-5-3-1;/h2,4-8,10,21H,9H2,1H3;5H,1-4H2;/q-1;;. The Morgan fingerprint density at radius 1 is 1.10 bits per heavy atom. The van der Waals surface area contributed by atoms with E-state index < -0.39 is 11.7 Å². The minimum Gasteiger partial charge on any atom is -0.388 e. The van der Waals surface area contributed by atoms with Crippen molar-refractivity contribution in [3.63, 3.8) is 0 Å². The second-order valence-electron chi connectivity index (χ2n) is 6.42. The monoisotopic (exact) mass is 625 g/mol. The van der Waals surface area contributed by atoms with Gasteiger partial charge >= 0.3 is 6.18 Å². The molecule has 2 aromatic rings. The van der Waals surface area contributed by atoms with Crippen molar-refractivity contribution >= 4 is 11.4 Å². The van der Waals surface area contributed by atoms with Crippen LogP contribution in [0, 0.1) is 37.2 Å². The first-order valence-corrected chi connectivity index (χ1v) is 9.18. The van der Waals surface area contributed by atoms with Crippen molar-refractivity contribution in [3.05, 3.63) is 71.1 Å². The molecule has 4 nitrogen and oxygen atoms in total. The Morgan fingerprint density at radius 3 is 2.41 bits per heavy atom. The minimum atomic E-state index is -4.37. The number of aliphatic imine (C=N–C) groups is 1. The van der Waals surface area contributed by atoms with Crippen LogP contribution in [0.4, 0.5) is 13.2 Å². The molecule has 8 heteroatoms. The van der Waals surface area contributed by atoms with Crippen molar-refractivity contribution in [1.29, 1.82) is 0 Å². The van der Waals surface area contributed by atoms with E-state index in [0.717, 1.165) is 29.0 Å². The summed E-state index contributed by atoms with van der Waals surface area (Å²) in [6.07, 6.45) is 3.67. The molecule has 0 saturated carbocycles. The molecule has 152 valence electrons. The van der Waals surface area contributed by atoms with E-state index in [-0.39, 0.29) is 31.1 Å². The van der Waals surface area contributed by atoms with Crippen LogP contribution in [0.2, 0.25) is 0 Å². The molecule has 2 N–H and O–H groups in total. The fourth-order valence-electron chi connectivity index (χ4n) is 3.08. The summed E-state index contributed by atoms with van der Waals surface area (Å²) >= 11 is 0. The fourth-order valence-corrected chi connectivity index (χ4v) is 3.08. The predicted molar refractivity (Wildman–Crippen MR) is 104 cm³/mol. The molecule has 1 saturated heterocycles. The molecule has 2 aliphatic heterocycles. The van der Waals surface area contributed by atoms with E-state index in [0.29, 0.717) is 17.8 Å². The van der Waals surface area contributed by atoms with E-state index in [9.17, 15) is 13.2 Å². The Bertz CT molecular complexity index is 849. The smallest absolute Gasteiger partial charge is 0.381 e. The quantitative estimate of drug-likeness (QED) is 0.502. The van der Waals surface area contributed by atoms with Gasteiger partial charge in [-0.05, 0) is 54.9 Å². The summed E-state index contributed by atoms with van der Waals surface area (Å²) in [7, 11) is 1.80. The van der Waals surface area contributed by atoms with Crippen LogP contribution in [0.15, 0.2) is 47.7 Å². The van der Waals surface area contributed by atoms with Gasteiger partial charge in [-0.15, -0.1) is 29.8 Å². The molecule has 3 heterocycles. The van der Waals surface area contributed by atoms with Gasteiger partial charge in [0.15, 0.2) is 0 Å².